The van der Waals surface area contributed by atoms with Crippen molar-refractivity contribution >= 4 is 44.7 Å². The first kappa shape index (κ1) is 20.0. The molecule has 3 aromatic rings. The van der Waals surface area contributed by atoms with Gasteiger partial charge in [0.2, 0.25) is 10.0 Å². The lowest BCUT2D eigenvalue weighted by Crippen LogP contribution is -2.49. The molecule has 0 N–H and O–H groups in total. The SMILES string of the molecule is O=C(c1cnc(-c2cccs2)s1)N1CCN(S(=O)(=O)/C=C/c2ccccc2)CC1. The number of rotatable bonds is 5. The number of benzene rings is 1. The predicted molar refractivity (Wildman–Crippen MR) is 117 cm³/mol. The van der Waals surface area contributed by atoms with Gasteiger partial charge >= 0.3 is 0 Å². The van der Waals surface area contributed by atoms with E-state index in [0.29, 0.717) is 18.0 Å². The molecular formula is C20H19N3O3S3. The van der Waals surface area contributed by atoms with Crippen molar-refractivity contribution in [2.24, 2.45) is 0 Å². The lowest BCUT2D eigenvalue weighted by molar-refractivity contribution is 0.0703. The van der Waals surface area contributed by atoms with E-state index >= 15 is 0 Å². The van der Waals surface area contributed by atoms with E-state index in [1.165, 1.54) is 21.1 Å². The Hall–Kier alpha value is -2.33. The lowest BCUT2D eigenvalue weighted by Gasteiger charge is -2.33. The molecule has 1 amide bonds. The summed E-state index contributed by atoms with van der Waals surface area (Å²) in [4.78, 5) is 20.4. The van der Waals surface area contributed by atoms with Gasteiger partial charge in [-0.05, 0) is 23.1 Å². The minimum atomic E-state index is -3.51. The van der Waals surface area contributed by atoms with E-state index in [1.54, 1.807) is 28.5 Å². The average molecular weight is 446 g/mol. The fourth-order valence-electron chi connectivity index (χ4n) is 3.00. The summed E-state index contributed by atoms with van der Waals surface area (Å²) < 4.78 is 26.6. The third-order valence-corrected chi connectivity index (χ3v) is 8.16. The molecule has 150 valence electrons. The van der Waals surface area contributed by atoms with E-state index in [9.17, 15) is 13.2 Å². The molecule has 0 bridgehead atoms. The fraction of sp³-hybridized carbons (Fsp3) is 0.200. The van der Waals surface area contributed by atoms with Crippen molar-refractivity contribution in [2.75, 3.05) is 26.2 Å². The van der Waals surface area contributed by atoms with Crippen LogP contribution < -0.4 is 0 Å². The smallest absolute Gasteiger partial charge is 0.265 e. The van der Waals surface area contributed by atoms with E-state index in [2.05, 4.69) is 4.98 Å². The third-order valence-electron chi connectivity index (χ3n) is 4.57. The molecular weight excluding hydrogens is 426 g/mol. The molecule has 1 fully saturated rings. The van der Waals surface area contributed by atoms with Crippen LogP contribution in [-0.4, -0.2) is 54.7 Å². The first-order valence-corrected chi connectivity index (χ1v) is 12.3. The Balaban J connectivity index is 1.37. The number of amides is 1. The standard InChI is InChI=1S/C20H19N3O3S3/c24-20(18-15-21-19(28-18)17-7-4-13-27-17)22-9-11-23(12-10-22)29(25,26)14-8-16-5-2-1-3-6-16/h1-8,13-15H,9-12H2/b14-8+. The summed E-state index contributed by atoms with van der Waals surface area (Å²) in [5.41, 5.74) is 0.830. The highest BCUT2D eigenvalue weighted by Crippen LogP contribution is 2.29. The van der Waals surface area contributed by atoms with Gasteiger partial charge in [-0.25, -0.2) is 13.4 Å². The summed E-state index contributed by atoms with van der Waals surface area (Å²) in [6.07, 6.45) is 3.20. The maximum Gasteiger partial charge on any atom is 0.265 e. The van der Waals surface area contributed by atoms with E-state index in [-0.39, 0.29) is 19.0 Å². The van der Waals surface area contributed by atoms with Crippen LogP contribution in [-0.2, 0) is 10.0 Å². The second-order valence-electron chi connectivity index (χ2n) is 6.46. The maximum absolute atomic E-state index is 12.8. The van der Waals surface area contributed by atoms with E-state index in [1.807, 2.05) is 47.8 Å². The van der Waals surface area contributed by atoms with Gasteiger partial charge in [-0.2, -0.15) is 4.31 Å². The normalized spacial score (nSPS) is 15.8. The fourth-order valence-corrected chi connectivity index (χ4v) is 5.86. The Morgan fingerprint density at radius 2 is 1.79 bits per heavy atom. The predicted octanol–water partition coefficient (Wildman–Crippen LogP) is 3.63. The van der Waals surface area contributed by atoms with Crippen molar-refractivity contribution in [3.63, 3.8) is 0 Å². The Morgan fingerprint density at radius 1 is 1.03 bits per heavy atom. The Labute approximate surface area is 177 Å². The third kappa shape index (κ3) is 4.64. The van der Waals surface area contributed by atoms with Crippen molar-refractivity contribution in [2.45, 2.75) is 0 Å². The minimum Gasteiger partial charge on any atom is -0.335 e. The summed E-state index contributed by atoms with van der Waals surface area (Å²) in [5.74, 6) is -0.0952. The maximum atomic E-state index is 12.8. The number of piperazine rings is 1. The number of thiazole rings is 1. The molecule has 2 aromatic heterocycles. The van der Waals surface area contributed by atoms with Crippen LogP contribution in [0.1, 0.15) is 15.2 Å². The van der Waals surface area contributed by atoms with Crippen LogP contribution >= 0.6 is 22.7 Å². The van der Waals surface area contributed by atoms with Gasteiger partial charge in [0.1, 0.15) is 9.88 Å². The van der Waals surface area contributed by atoms with Gasteiger partial charge in [0.15, 0.2) is 0 Å². The summed E-state index contributed by atoms with van der Waals surface area (Å²) in [5, 5.41) is 4.04. The average Bonchev–Trinajstić information content (AvgIpc) is 3.44. The van der Waals surface area contributed by atoms with Crippen molar-refractivity contribution < 1.29 is 13.2 Å². The quantitative estimate of drug-likeness (QED) is 0.601. The van der Waals surface area contributed by atoms with Crippen molar-refractivity contribution in [1.29, 1.82) is 0 Å². The molecule has 9 heteroatoms. The zero-order chi connectivity index (χ0) is 20.3. The molecule has 0 unspecified atom stereocenters. The van der Waals surface area contributed by atoms with Gasteiger partial charge in [0, 0.05) is 31.6 Å². The molecule has 0 radical (unpaired) electrons. The van der Waals surface area contributed by atoms with E-state index in [0.717, 1.165) is 15.4 Å². The molecule has 1 aliphatic heterocycles. The molecule has 0 atom stereocenters. The van der Waals surface area contributed by atoms with Gasteiger partial charge in [0.25, 0.3) is 5.91 Å². The van der Waals surface area contributed by atoms with Gasteiger partial charge in [-0.15, -0.1) is 22.7 Å². The van der Waals surface area contributed by atoms with Crippen LogP contribution in [0.3, 0.4) is 0 Å². The van der Waals surface area contributed by atoms with Gasteiger partial charge in [-0.1, -0.05) is 36.4 Å². The highest BCUT2D eigenvalue weighted by Gasteiger charge is 2.28. The molecule has 1 aliphatic rings. The second kappa shape index (κ2) is 8.58. The van der Waals surface area contributed by atoms with Crippen LogP contribution in [0.2, 0.25) is 0 Å². The minimum absolute atomic E-state index is 0.0952. The number of carbonyl (C=O) groups excluding carboxylic acids is 1. The van der Waals surface area contributed by atoms with Crippen LogP contribution in [0.15, 0.2) is 59.4 Å². The number of sulfonamides is 1. The number of hydrogen-bond donors (Lipinski definition) is 0. The Bertz CT molecular complexity index is 1100. The molecule has 4 rings (SSSR count). The van der Waals surface area contributed by atoms with E-state index < -0.39 is 10.0 Å². The van der Waals surface area contributed by atoms with Gasteiger partial charge < -0.3 is 4.90 Å². The number of aromatic nitrogens is 1. The van der Waals surface area contributed by atoms with Crippen molar-refractivity contribution in [3.8, 4) is 9.88 Å². The first-order valence-electron chi connectivity index (χ1n) is 9.05. The molecule has 1 aromatic carbocycles. The second-order valence-corrected chi connectivity index (χ2v) is 10.3. The van der Waals surface area contributed by atoms with E-state index in [4.69, 9.17) is 0 Å². The number of nitrogens with zero attached hydrogens (tertiary/aromatic N) is 3. The largest absolute Gasteiger partial charge is 0.335 e. The molecule has 29 heavy (non-hydrogen) atoms. The monoisotopic (exact) mass is 445 g/mol. The highest BCUT2D eigenvalue weighted by atomic mass is 32.2. The summed E-state index contributed by atoms with van der Waals surface area (Å²) in [7, 11) is -3.51. The molecule has 0 saturated carbocycles. The Kier molecular flexibility index (Phi) is 5.91. The first-order chi connectivity index (χ1) is 14.0. The summed E-state index contributed by atoms with van der Waals surface area (Å²) in [6, 6.07) is 13.2. The molecule has 6 nitrogen and oxygen atoms in total. The molecule has 0 aliphatic carbocycles. The topological polar surface area (TPSA) is 70.6 Å². The molecule has 3 heterocycles. The van der Waals surface area contributed by atoms with Crippen LogP contribution in [0, 0.1) is 0 Å². The van der Waals surface area contributed by atoms with Crippen molar-refractivity contribution in [1.82, 2.24) is 14.2 Å². The van der Waals surface area contributed by atoms with Gasteiger partial charge in [-0.3, -0.25) is 4.79 Å². The summed E-state index contributed by atoms with van der Waals surface area (Å²) >= 11 is 2.96. The zero-order valence-electron chi connectivity index (χ0n) is 15.5. The van der Waals surface area contributed by atoms with Crippen LogP contribution in [0.4, 0.5) is 0 Å². The number of carbonyl (C=O) groups is 1. The Morgan fingerprint density at radius 3 is 2.48 bits per heavy atom. The van der Waals surface area contributed by atoms with Crippen LogP contribution in [0.5, 0.6) is 0 Å². The van der Waals surface area contributed by atoms with Crippen LogP contribution in [0.25, 0.3) is 16.0 Å². The number of thiophene rings is 1. The van der Waals surface area contributed by atoms with Crippen molar-refractivity contribution in [3.05, 3.63) is 69.9 Å². The lowest BCUT2D eigenvalue weighted by atomic mass is 10.2. The zero-order valence-corrected chi connectivity index (χ0v) is 17.9. The summed E-state index contributed by atoms with van der Waals surface area (Å²) in [6.45, 7) is 1.29. The van der Waals surface area contributed by atoms with Gasteiger partial charge in [0.05, 0.1) is 11.1 Å². The number of hydrogen-bond acceptors (Lipinski definition) is 6. The molecule has 1 saturated heterocycles. The highest BCUT2D eigenvalue weighted by molar-refractivity contribution is 7.92. The molecule has 0 spiro atoms.